The van der Waals surface area contributed by atoms with Crippen molar-refractivity contribution >= 4 is 16.7 Å². The van der Waals surface area contributed by atoms with Crippen molar-refractivity contribution in [2.45, 2.75) is 38.8 Å². The topological polar surface area (TPSA) is 38.3 Å². The zero-order valence-corrected chi connectivity index (χ0v) is 15.3. The molecule has 0 aliphatic heterocycles. The van der Waals surface area contributed by atoms with E-state index >= 15 is 0 Å². The summed E-state index contributed by atoms with van der Waals surface area (Å²) in [6, 6.07) is 24.4. The summed E-state index contributed by atoms with van der Waals surface area (Å²) in [7, 11) is 0. The van der Waals surface area contributed by atoms with E-state index in [2.05, 4.69) is 23.5 Å². The van der Waals surface area contributed by atoms with Gasteiger partial charge in [0.05, 0.1) is 0 Å². The lowest BCUT2D eigenvalue weighted by Crippen LogP contribution is -2.41. The molecule has 0 radical (unpaired) electrons. The van der Waals surface area contributed by atoms with Crippen molar-refractivity contribution in [2.24, 2.45) is 0 Å². The van der Waals surface area contributed by atoms with Crippen LogP contribution in [0.2, 0.25) is 0 Å². The second-order valence-corrected chi connectivity index (χ2v) is 6.70. The van der Waals surface area contributed by atoms with E-state index in [9.17, 15) is 4.79 Å². The molecule has 0 saturated heterocycles. The van der Waals surface area contributed by atoms with Gasteiger partial charge in [0, 0.05) is 6.04 Å². The molecule has 3 heteroatoms. The molecular formula is C23H25NO2. The molecule has 0 aliphatic rings. The van der Waals surface area contributed by atoms with E-state index in [1.165, 1.54) is 5.56 Å². The molecule has 0 fully saturated rings. The minimum Gasteiger partial charge on any atom is -0.481 e. The molecule has 2 atom stereocenters. The monoisotopic (exact) mass is 347 g/mol. The van der Waals surface area contributed by atoms with E-state index in [4.69, 9.17) is 4.74 Å². The number of nitrogens with one attached hydrogen (secondary N) is 1. The Morgan fingerprint density at radius 2 is 1.62 bits per heavy atom. The van der Waals surface area contributed by atoms with Crippen LogP contribution in [0, 0.1) is 0 Å². The van der Waals surface area contributed by atoms with Crippen LogP contribution in [-0.4, -0.2) is 18.1 Å². The van der Waals surface area contributed by atoms with Gasteiger partial charge in [-0.2, -0.15) is 0 Å². The third-order valence-electron chi connectivity index (χ3n) is 4.50. The fraction of sp³-hybridized carbons (Fsp3) is 0.261. The Balaban J connectivity index is 1.51. The summed E-state index contributed by atoms with van der Waals surface area (Å²) in [4.78, 5) is 12.4. The van der Waals surface area contributed by atoms with E-state index < -0.39 is 6.10 Å². The number of carbonyl (C=O) groups is 1. The molecule has 3 rings (SSSR count). The highest BCUT2D eigenvalue weighted by molar-refractivity contribution is 5.84. The van der Waals surface area contributed by atoms with Gasteiger partial charge in [0.15, 0.2) is 6.10 Å². The van der Waals surface area contributed by atoms with Crippen LogP contribution in [0.4, 0.5) is 0 Å². The first-order valence-electron chi connectivity index (χ1n) is 9.11. The summed E-state index contributed by atoms with van der Waals surface area (Å²) in [6.07, 6.45) is 1.32. The predicted octanol–water partition coefficient (Wildman–Crippen LogP) is 4.74. The number of hydrogen-bond donors (Lipinski definition) is 1. The van der Waals surface area contributed by atoms with Gasteiger partial charge < -0.3 is 10.1 Å². The van der Waals surface area contributed by atoms with Crippen LogP contribution in [0.15, 0.2) is 72.8 Å². The van der Waals surface area contributed by atoms with Crippen molar-refractivity contribution in [3.05, 3.63) is 78.4 Å². The summed E-state index contributed by atoms with van der Waals surface area (Å²) in [5, 5.41) is 5.31. The normalized spacial score (nSPS) is 13.2. The van der Waals surface area contributed by atoms with Crippen molar-refractivity contribution in [2.75, 3.05) is 0 Å². The fourth-order valence-electron chi connectivity index (χ4n) is 2.96. The molecule has 3 nitrogen and oxygen atoms in total. The molecular weight excluding hydrogens is 322 g/mol. The van der Waals surface area contributed by atoms with E-state index in [1.54, 1.807) is 6.92 Å². The maximum atomic E-state index is 12.4. The number of amides is 1. The molecule has 0 bridgehead atoms. The first kappa shape index (κ1) is 18.0. The highest BCUT2D eigenvalue weighted by Gasteiger charge is 2.17. The molecule has 0 unspecified atom stereocenters. The van der Waals surface area contributed by atoms with Gasteiger partial charge in [-0.3, -0.25) is 4.79 Å². The van der Waals surface area contributed by atoms with Gasteiger partial charge in [-0.15, -0.1) is 0 Å². The highest BCUT2D eigenvalue weighted by Crippen LogP contribution is 2.21. The van der Waals surface area contributed by atoms with Crippen LogP contribution >= 0.6 is 0 Å². The summed E-state index contributed by atoms with van der Waals surface area (Å²) in [5.74, 6) is 0.627. The van der Waals surface area contributed by atoms with Crippen molar-refractivity contribution < 1.29 is 9.53 Å². The standard InChI is InChI=1S/C23H25NO2/c1-17(12-13-19-8-4-3-5-9-19)24-23(25)18(2)26-22-15-14-20-10-6-7-11-21(20)16-22/h3-11,14-18H,12-13H2,1-2H3,(H,24,25)/t17-,18+/m0/s1. The predicted molar refractivity (Wildman–Crippen MR) is 106 cm³/mol. The SMILES string of the molecule is C[C@@H](CCc1ccccc1)NC(=O)[C@@H](C)Oc1ccc2ccccc2c1. The van der Waals surface area contributed by atoms with Gasteiger partial charge in [-0.05, 0) is 55.2 Å². The molecule has 0 saturated carbocycles. The van der Waals surface area contributed by atoms with Crippen LogP contribution in [0.25, 0.3) is 10.8 Å². The number of benzene rings is 3. The van der Waals surface area contributed by atoms with Gasteiger partial charge in [-0.25, -0.2) is 0 Å². The maximum Gasteiger partial charge on any atom is 0.260 e. The van der Waals surface area contributed by atoms with Crippen LogP contribution in [0.1, 0.15) is 25.8 Å². The molecule has 0 aromatic heterocycles. The van der Waals surface area contributed by atoms with Crippen LogP contribution in [0.5, 0.6) is 5.75 Å². The lowest BCUT2D eigenvalue weighted by molar-refractivity contribution is -0.127. The van der Waals surface area contributed by atoms with Gasteiger partial charge in [0.25, 0.3) is 5.91 Å². The summed E-state index contributed by atoms with van der Waals surface area (Å²) in [5.41, 5.74) is 1.29. The average Bonchev–Trinajstić information content (AvgIpc) is 2.67. The summed E-state index contributed by atoms with van der Waals surface area (Å²) >= 11 is 0. The van der Waals surface area contributed by atoms with Crippen LogP contribution in [0.3, 0.4) is 0 Å². The van der Waals surface area contributed by atoms with Gasteiger partial charge >= 0.3 is 0 Å². The first-order valence-corrected chi connectivity index (χ1v) is 9.11. The maximum absolute atomic E-state index is 12.4. The lowest BCUT2D eigenvalue weighted by atomic mass is 10.1. The molecule has 3 aromatic carbocycles. The molecule has 0 heterocycles. The number of rotatable bonds is 7. The Morgan fingerprint density at radius 1 is 0.923 bits per heavy atom. The minimum atomic E-state index is -0.532. The van der Waals surface area contributed by atoms with Gasteiger partial charge in [0.2, 0.25) is 0 Å². The van der Waals surface area contributed by atoms with E-state index in [-0.39, 0.29) is 11.9 Å². The third kappa shape index (κ3) is 4.85. The van der Waals surface area contributed by atoms with E-state index in [0.717, 1.165) is 23.6 Å². The molecule has 26 heavy (non-hydrogen) atoms. The highest BCUT2D eigenvalue weighted by atomic mass is 16.5. The first-order chi connectivity index (χ1) is 12.6. The number of hydrogen-bond acceptors (Lipinski definition) is 2. The van der Waals surface area contributed by atoms with E-state index in [0.29, 0.717) is 5.75 Å². The molecule has 1 amide bonds. The number of aryl methyl sites for hydroxylation is 1. The second-order valence-electron chi connectivity index (χ2n) is 6.70. The molecule has 0 aliphatic carbocycles. The van der Waals surface area contributed by atoms with Crippen molar-refractivity contribution in [1.29, 1.82) is 0 Å². The number of fused-ring (bicyclic) bond motifs is 1. The smallest absolute Gasteiger partial charge is 0.260 e. The summed E-state index contributed by atoms with van der Waals surface area (Å²) in [6.45, 7) is 3.82. The zero-order chi connectivity index (χ0) is 18.4. The fourth-order valence-corrected chi connectivity index (χ4v) is 2.96. The average molecular weight is 347 g/mol. The van der Waals surface area contributed by atoms with Crippen molar-refractivity contribution in [3.63, 3.8) is 0 Å². The zero-order valence-electron chi connectivity index (χ0n) is 15.3. The summed E-state index contributed by atoms with van der Waals surface area (Å²) < 4.78 is 5.84. The Hall–Kier alpha value is -2.81. The number of ether oxygens (including phenoxy) is 1. The van der Waals surface area contributed by atoms with Crippen molar-refractivity contribution in [1.82, 2.24) is 5.32 Å². The molecule has 1 N–H and O–H groups in total. The number of carbonyl (C=O) groups excluding carboxylic acids is 1. The van der Waals surface area contributed by atoms with E-state index in [1.807, 2.05) is 61.5 Å². The Bertz CT molecular complexity index is 860. The molecule has 3 aromatic rings. The molecule has 134 valence electrons. The Labute approximate surface area is 155 Å². The van der Waals surface area contributed by atoms with Crippen LogP contribution < -0.4 is 10.1 Å². The molecule has 0 spiro atoms. The largest absolute Gasteiger partial charge is 0.481 e. The quantitative estimate of drug-likeness (QED) is 0.670. The van der Waals surface area contributed by atoms with Gasteiger partial charge in [-0.1, -0.05) is 60.7 Å². The van der Waals surface area contributed by atoms with Gasteiger partial charge in [0.1, 0.15) is 5.75 Å². The third-order valence-corrected chi connectivity index (χ3v) is 4.50. The second kappa shape index (κ2) is 8.52. The Morgan fingerprint density at radius 3 is 2.38 bits per heavy atom. The van der Waals surface area contributed by atoms with Crippen molar-refractivity contribution in [3.8, 4) is 5.75 Å². The minimum absolute atomic E-state index is 0.0845. The lowest BCUT2D eigenvalue weighted by Gasteiger charge is -2.19. The van der Waals surface area contributed by atoms with Crippen LogP contribution in [-0.2, 0) is 11.2 Å². The Kier molecular flexibility index (Phi) is 5.90.